The van der Waals surface area contributed by atoms with Gasteiger partial charge >= 0.3 is 31.3 Å². The average molecular weight is 622 g/mol. The van der Waals surface area contributed by atoms with E-state index in [2.05, 4.69) is 11.0 Å². The molecule has 0 spiro atoms. The molecule has 0 amide bonds. The monoisotopic (exact) mass is 621 g/mol. The highest BCUT2D eigenvalue weighted by molar-refractivity contribution is 7.52. The summed E-state index contributed by atoms with van der Waals surface area (Å²) in [4.78, 5) is 63.2. The van der Waals surface area contributed by atoms with Crippen LogP contribution in [0.15, 0.2) is 52.2 Å². The van der Waals surface area contributed by atoms with Crippen LogP contribution in [-0.2, 0) is 42.4 Å². The molecule has 0 radical (unpaired) electrons. The van der Waals surface area contributed by atoms with Crippen LogP contribution >= 0.6 is 7.75 Å². The van der Waals surface area contributed by atoms with Crippen molar-refractivity contribution in [2.45, 2.75) is 70.8 Å². The largest absolute Gasteiger partial charge is 0.462 e. The molecule has 1 fully saturated rings. The summed E-state index contributed by atoms with van der Waals surface area (Å²) in [5.41, 5.74) is -3.96. The van der Waals surface area contributed by atoms with Crippen LogP contribution in [0.1, 0.15) is 40.8 Å². The summed E-state index contributed by atoms with van der Waals surface area (Å²) in [6, 6.07) is 7.71. The molecule has 0 saturated carbocycles. The first-order chi connectivity index (χ1) is 20.2. The Morgan fingerprint density at radius 2 is 1.81 bits per heavy atom. The first-order valence-electron chi connectivity index (χ1n) is 13.0. The molecule has 0 bridgehead atoms. The van der Waals surface area contributed by atoms with E-state index in [0.717, 1.165) is 30.7 Å². The fourth-order valence-corrected chi connectivity index (χ4v) is 5.65. The fraction of sp³-hybridized carbons (Fsp3) is 0.444. The predicted molar refractivity (Wildman–Crippen MR) is 149 cm³/mol. The SMILES string of the molecule is C#C[C@@]1(OC(C)=O)[C@H](OC(C)=O)[C@@H](COP(=O)(N[C@@H](C)C(=O)OC(C)C)Oc2ccccc2)O[C@H]1n1ccc(=O)[nH]c1=O. The number of aromatic amines is 1. The van der Waals surface area contributed by atoms with Gasteiger partial charge in [0.2, 0.25) is 0 Å². The maximum Gasteiger partial charge on any atom is 0.459 e. The number of carbonyl (C=O) groups excluding carboxylic acids is 3. The number of H-pyrrole nitrogens is 1. The van der Waals surface area contributed by atoms with E-state index in [1.165, 1.54) is 19.1 Å². The average Bonchev–Trinajstić information content (AvgIpc) is 3.19. The molecule has 1 aromatic carbocycles. The summed E-state index contributed by atoms with van der Waals surface area (Å²) in [5.74, 6) is -0.161. The lowest BCUT2D eigenvalue weighted by molar-refractivity contribution is -0.176. The van der Waals surface area contributed by atoms with Gasteiger partial charge < -0.3 is 23.5 Å². The second kappa shape index (κ2) is 13.8. The standard InChI is InChI=1S/C27H32N3O12P/c1-7-27(41-19(6)32)23(39-18(5)31)21(40-25(27)30-14-13-22(33)28-26(30)35)15-37-43(36,42-20-11-9-8-10-12-20)29-17(4)24(34)38-16(2)3/h1,8-14,16-17,21,23,25H,15H2,2-6H3,(H,29,36)(H,28,33,35)/t17-,21+,23+,25+,27+,43?/m0/s1. The fourth-order valence-electron chi connectivity index (χ4n) is 4.14. The van der Waals surface area contributed by atoms with Gasteiger partial charge in [-0.1, -0.05) is 24.1 Å². The summed E-state index contributed by atoms with van der Waals surface area (Å²) in [6.07, 6.45) is 1.69. The zero-order valence-electron chi connectivity index (χ0n) is 24.0. The molecule has 2 N–H and O–H groups in total. The van der Waals surface area contributed by atoms with Crippen LogP contribution in [-0.4, -0.2) is 64.0 Å². The Balaban J connectivity index is 2.02. The lowest BCUT2D eigenvalue weighted by Crippen LogP contribution is -2.52. The number of terminal acetylenes is 1. The molecule has 43 heavy (non-hydrogen) atoms. The molecule has 3 rings (SSSR count). The molecule has 6 atom stereocenters. The Morgan fingerprint density at radius 3 is 2.37 bits per heavy atom. The molecule has 1 saturated heterocycles. The number of ether oxygens (including phenoxy) is 4. The first-order valence-corrected chi connectivity index (χ1v) is 14.5. The molecule has 2 heterocycles. The lowest BCUT2D eigenvalue weighted by Gasteiger charge is -2.33. The van der Waals surface area contributed by atoms with E-state index in [0.29, 0.717) is 0 Å². The first kappa shape index (κ1) is 33.3. The van der Waals surface area contributed by atoms with Crippen molar-refractivity contribution in [3.63, 3.8) is 0 Å². The third-order valence-electron chi connectivity index (χ3n) is 5.80. The molecule has 15 nitrogen and oxygen atoms in total. The lowest BCUT2D eigenvalue weighted by atomic mass is 9.94. The van der Waals surface area contributed by atoms with Crippen molar-refractivity contribution in [3.05, 3.63) is 63.4 Å². The van der Waals surface area contributed by atoms with Crippen LogP contribution in [0, 0.1) is 12.3 Å². The van der Waals surface area contributed by atoms with Crippen LogP contribution in [0.25, 0.3) is 0 Å². The maximum atomic E-state index is 14.0. The van der Waals surface area contributed by atoms with Gasteiger partial charge in [-0.2, -0.15) is 5.09 Å². The van der Waals surface area contributed by atoms with E-state index in [4.69, 9.17) is 34.4 Å². The van der Waals surface area contributed by atoms with Crippen LogP contribution in [0.4, 0.5) is 0 Å². The highest BCUT2D eigenvalue weighted by Crippen LogP contribution is 2.48. The zero-order valence-corrected chi connectivity index (χ0v) is 24.9. The zero-order chi connectivity index (χ0) is 31.9. The van der Waals surface area contributed by atoms with Gasteiger partial charge in [0.15, 0.2) is 12.3 Å². The summed E-state index contributed by atoms with van der Waals surface area (Å²) >= 11 is 0. The minimum absolute atomic E-state index is 0.113. The third kappa shape index (κ3) is 8.20. The number of esters is 3. The smallest absolute Gasteiger partial charge is 0.459 e. The number of hydrogen-bond donors (Lipinski definition) is 2. The highest BCUT2D eigenvalue weighted by atomic mass is 31.2. The van der Waals surface area contributed by atoms with E-state index >= 15 is 0 Å². The highest BCUT2D eigenvalue weighted by Gasteiger charge is 2.62. The Labute approximate surface area is 246 Å². The Hall–Kier alpha value is -4.22. The minimum Gasteiger partial charge on any atom is -0.462 e. The number of nitrogens with one attached hydrogen (secondary N) is 2. The van der Waals surface area contributed by atoms with E-state index < -0.39 is 79.7 Å². The summed E-state index contributed by atoms with van der Waals surface area (Å²) in [6.45, 7) is 6.05. The van der Waals surface area contributed by atoms with Crippen molar-refractivity contribution in [2.75, 3.05) is 6.61 Å². The summed E-state index contributed by atoms with van der Waals surface area (Å²) in [5, 5.41) is 2.50. The van der Waals surface area contributed by atoms with E-state index in [1.807, 2.05) is 4.98 Å². The molecule has 1 unspecified atom stereocenters. The number of rotatable bonds is 12. The van der Waals surface area contributed by atoms with Crippen molar-refractivity contribution in [2.24, 2.45) is 0 Å². The van der Waals surface area contributed by atoms with Gasteiger partial charge in [0.05, 0.1) is 12.7 Å². The Kier molecular flexibility index (Phi) is 10.7. The Morgan fingerprint density at radius 1 is 1.14 bits per heavy atom. The number of benzene rings is 1. The van der Waals surface area contributed by atoms with Crippen LogP contribution in [0.2, 0.25) is 0 Å². The number of nitrogens with zero attached hydrogens (tertiary/aromatic N) is 1. The van der Waals surface area contributed by atoms with Gasteiger partial charge in [0, 0.05) is 26.1 Å². The number of hydrogen-bond acceptors (Lipinski definition) is 12. The van der Waals surface area contributed by atoms with Gasteiger partial charge in [0.25, 0.3) is 11.2 Å². The van der Waals surface area contributed by atoms with Gasteiger partial charge in [-0.3, -0.25) is 33.3 Å². The van der Waals surface area contributed by atoms with Crippen molar-refractivity contribution in [1.82, 2.24) is 14.6 Å². The number of aromatic nitrogens is 2. The normalized spacial score (nSPS) is 23.4. The van der Waals surface area contributed by atoms with Crippen molar-refractivity contribution < 1.29 is 46.9 Å². The molecule has 232 valence electrons. The topological polar surface area (TPSA) is 191 Å². The second-order valence-corrected chi connectivity index (χ2v) is 11.3. The molecule has 0 aliphatic carbocycles. The maximum absolute atomic E-state index is 14.0. The quantitative estimate of drug-likeness (QED) is 0.150. The van der Waals surface area contributed by atoms with Gasteiger partial charge in [-0.25, -0.2) is 9.36 Å². The van der Waals surface area contributed by atoms with Crippen LogP contribution in [0.5, 0.6) is 5.75 Å². The van der Waals surface area contributed by atoms with E-state index in [1.54, 1.807) is 32.0 Å². The Bertz CT molecular complexity index is 1530. The van der Waals surface area contributed by atoms with Gasteiger partial charge in [-0.15, -0.1) is 6.42 Å². The third-order valence-corrected chi connectivity index (χ3v) is 7.44. The summed E-state index contributed by atoms with van der Waals surface area (Å²) in [7, 11) is -4.44. The van der Waals surface area contributed by atoms with Crippen LogP contribution < -0.4 is 20.9 Å². The summed E-state index contributed by atoms with van der Waals surface area (Å²) < 4.78 is 48.1. The molecule has 16 heteroatoms. The van der Waals surface area contributed by atoms with Crippen molar-refractivity contribution >= 4 is 25.7 Å². The molecular formula is C27H32N3O12P. The number of carbonyl (C=O) groups is 3. The minimum atomic E-state index is -4.44. The van der Waals surface area contributed by atoms with Gasteiger partial charge in [-0.05, 0) is 32.9 Å². The van der Waals surface area contributed by atoms with E-state index in [-0.39, 0.29) is 5.75 Å². The van der Waals surface area contributed by atoms with Crippen molar-refractivity contribution in [3.8, 4) is 18.1 Å². The number of para-hydroxylation sites is 1. The molecule has 2 aromatic rings. The van der Waals surface area contributed by atoms with Crippen LogP contribution in [0.3, 0.4) is 0 Å². The second-order valence-electron chi connectivity index (χ2n) is 9.64. The van der Waals surface area contributed by atoms with Crippen molar-refractivity contribution in [1.29, 1.82) is 0 Å². The molecular weight excluding hydrogens is 589 g/mol. The molecule has 1 aliphatic rings. The molecule has 1 aromatic heterocycles. The molecule has 1 aliphatic heterocycles. The predicted octanol–water partition coefficient (Wildman–Crippen LogP) is 1.43. The van der Waals surface area contributed by atoms with Gasteiger partial charge in [0.1, 0.15) is 17.9 Å². The van der Waals surface area contributed by atoms with E-state index in [9.17, 15) is 28.5 Å².